The maximum atomic E-state index is 13.7. The van der Waals surface area contributed by atoms with Gasteiger partial charge in [0.25, 0.3) is 0 Å². The Balaban J connectivity index is 1.97. The van der Waals surface area contributed by atoms with E-state index in [0.717, 1.165) is 0 Å². The molecular weight excluding hydrogens is 304 g/mol. The van der Waals surface area contributed by atoms with Gasteiger partial charge in [-0.15, -0.1) is 0 Å². The zero-order chi connectivity index (χ0) is 16.8. The maximum Gasteiger partial charge on any atom is 0.243 e. The number of benzene rings is 2. The Bertz CT molecular complexity index is 735. The second-order valence-corrected chi connectivity index (χ2v) is 4.79. The molecular formula is C16H15F2N3O2. The maximum absolute atomic E-state index is 13.7. The third-order valence-corrected chi connectivity index (χ3v) is 2.83. The summed E-state index contributed by atoms with van der Waals surface area (Å²) >= 11 is 0. The highest BCUT2D eigenvalue weighted by Crippen LogP contribution is 2.19. The minimum Gasteiger partial charge on any atom is -0.374 e. The van der Waals surface area contributed by atoms with Crippen LogP contribution in [-0.4, -0.2) is 18.4 Å². The van der Waals surface area contributed by atoms with E-state index in [9.17, 15) is 18.4 Å². The Morgan fingerprint density at radius 3 is 2.43 bits per heavy atom. The van der Waals surface area contributed by atoms with E-state index < -0.39 is 17.5 Å². The lowest BCUT2D eigenvalue weighted by molar-refractivity contribution is -0.115. The highest BCUT2D eigenvalue weighted by molar-refractivity contribution is 5.94. The first-order valence-electron chi connectivity index (χ1n) is 6.80. The lowest BCUT2D eigenvalue weighted by atomic mass is 10.2. The molecule has 0 aromatic heterocycles. The predicted octanol–water partition coefficient (Wildman–Crippen LogP) is 2.97. The molecule has 0 aliphatic rings. The lowest BCUT2D eigenvalue weighted by Gasteiger charge is -2.10. The molecule has 2 amide bonds. The van der Waals surface area contributed by atoms with Gasteiger partial charge in [-0.3, -0.25) is 9.59 Å². The Morgan fingerprint density at radius 2 is 1.74 bits per heavy atom. The van der Waals surface area contributed by atoms with E-state index in [1.54, 1.807) is 6.07 Å². The smallest absolute Gasteiger partial charge is 0.243 e. The minimum absolute atomic E-state index is 0.0747. The van der Waals surface area contributed by atoms with Crippen LogP contribution in [0.25, 0.3) is 0 Å². The Hall–Kier alpha value is -2.96. The third kappa shape index (κ3) is 5.06. The molecule has 0 spiro atoms. The van der Waals surface area contributed by atoms with Gasteiger partial charge in [0, 0.05) is 18.3 Å². The van der Waals surface area contributed by atoms with Crippen LogP contribution >= 0.6 is 0 Å². The lowest BCUT2D eigenvalue weighted by Crippen LogP contribution is -2.22. The van der Waals surface area contributed by atoms with Crippen molar-refractivity contribution in [2.24, 2.45) is 0 Å². The van der Waals surface area contributed by atoms with Crippen molar-refractivity contribution in [3.05, 3.63) is 54.1 Å². The van der Waals surface area contributed by atoms with Crippen LogP contribution in [0.5, 0.6) is 0 Å². The molecule has 0 aliphatic carbocycles. The first-order chi connectivity index (χ1) is 10.9. The molecule has 0 aliphatic heterocycles. The molecule has 0 saturated carbocycles. The first-order valence-corrected chi connectivity index (χ1v) is 6.80. The molecule has 0 radical (unpaired) electrons. The third-order valence-electron chi connectivity index (χ3n) is 2.83. The molecule has 3 N–H and O–H groups in total. The van der Waals surface area contributed by atoms with Gasteiger partial charge in [-0.2, -0.15) is 0 Å². The van der Waals surface area contributed by atoms with Gasteiger partial charge >= 0.3 is 0 Å². The van der Waals surface area contributed by atoms with Crippen molar-refractivity contribution in [1.29, 1.82) is 0 Å². The molecule has 2 aromatic carbocycles. The number of carbonyl (C=O) groups is 2. The van der Waals surface area contributed by atoms with Gasteiger partial charge in [-0.25, -0.2) is 8.78 Å². The highest BCUT2D eigenvalue weighted by Gasteiger charge is 2.07. The van der Waals surface area contributed by atoms with Gasteiger partial charge < -0.3 is 16.0 Å². The predicted molar refractivity (Wildman–Crippen MR) is 84.2 cm³/mol. The van der Waals surface area contributed by atoms with Crippen LogP contribution in [0.1, 0.15) is 6.92 Å². The average Bonchev–Trinajstić information content (AvgIpc) is 2.47. The SMILES string of the molecule is CC(=O)Nc1ccc(F)c(NCC(=O)Nc2cccc(F)c2)c1. The number of nitrogens with one attached hydrogen (secondary N) is 3. The zero-order valence-electron chi connectivity index (χ0n) is 12.3. The number of rotatable bonds is 5. The normalized spacial score (nSPS) is 10.0. The van der Waals surface area contributed by atoms with E-state index in [-0.39, 0.29) is 18.1 Å². The summed E-state index contributed by atoms with van der Waals surface area (Å²) in [6.07, 6.45) is 0. The molecule has 0 unspecified atom stereocenters. The van der Waals surface area contributed by atoms with Crippen molar-refractivity contribution in [3.8, 4) is 0 Å². The summed E-state index contributed by atoms with van der Waals surface area (Å²) in [5.74, 6) is -1.77. The van der Waals surface area contributed by atoms with Crippen molar-refractivity contribution >= 4 is 28.9 Å². The van der Waals surface area contributed by atoms with Crippen molar-refractivity contribution < 1.29 is 18.4 Å². The van der Waals surface area contributed by atoms with Gasteiger partial charge in [-0.05, 0) is 36.4 Å². The second kappa shape index (κ2) is 7.35. The molecule has 0 fully saturated rings. The summed E-state index contributed by atoms with van der Waals surface area (Å²) in [5.41, 5.74) is 0.793. The van der Waals surface area contributed by atoms with Gasteiger partial charge in [0.1, 0.15) is 11.6 Å². The molecule has 2 aromatic rings. The summed E-state index contributed by atoms with van der Waals surface area (Å²) in [6.45, 7) is 1.12. The van der Waals surface area contributed by atoms with E-state index in [1.165, 1.54) is 43.3 Å². The summed E-state index contributed by atoms with van der Waals surface area (Å²) in [6, 6.07) is 9.42. The minimum atomic E-state index is -0.558. The zero-order valence-corrected chi connectivity index (χ0v) is 12.3. The molecule has 0 atom stereocenters. The van der Waals surface area contributed by atoms with Crippen LogP contribution in [0.3, 0.4) is 0 Å². The monoisotopic (exact) mass is 319 g/mol. The van der Waals surface area contributed by atoms with E-state index in [4.69, 9.17) is 0 Å². The molecule has 2 rings (SSSR count). The fraction of sp³-hybridized carbons (Fsp3) is 0.125. The Labute approximate surface area is 131 Å². The second-order valence-electron chi connectivity index (χ2n) is 4.79. The van der Waals surface area contributed by atoms with Gasteiger partial charge in [0.2, 0.25) is 11.8 Å². The van der Waals surface area contributed by atoms with Gasteiger partial charge in [-0.1, -0.05) is 6.07 Å². The van der Waals surface area contributed by atoms with Gasteiger partial charge in [0.15, 0.2) is 0 Å². The Kier molecular flexibility index (Phi) is 5.24. The fourth-order valence-corrected chi connectivity index (χ4v) is 1.89. The standard InChI is InChI=1S/C16H15F2N3O2/c1-10(22)20-13-5-6-14(18)15(8-13)19-9-16(23)21-12-4-2-3-11(17)7-12/h2-8,19H,9H2,1H3,(H,20,22)(H,21,23). The number of carbonyl (C=O) groups excluding carboxylic acids is 2. The fourth-order valence-electron chi connectivity index (χ4n) is 1.89. The van der Waals surface area contributed by atoms with E-state index in [2.05, 4.69) is 16.0 Å². The summed E-state index contributed by atoms with van der Waals surface area (Å²) < 4.78 is 26.7. The van der Waals surface area contributed by atoms with E-state index >= 15 is 0 Å². The molecule has 23 heavy (non-hydrogen) atoms. The molecule has 7 heteroatoms. The molecule has 0 bridgehead atoms. The van der Waals surface area contributed by atoms with E-state index in [1.807, 2.05) is 0 Å². The van der Waals surface area contributed by atoms with Crippen LogP contribution < -0.4 is 16.0 Å². The molecule has 0 saturated heterocycles. The van der Waals surface area contributed by atoms with E-state index in [0.29, 0.717) is 11.4 Å². The largest absolute Gasteiger partial charge is 0.374 e. The van der Waals surface area contributed by atoms with Crippen LogP contribution in [0.15, 0.2) is 42.5 Å². The quantitative estimate of drug-likeness (QED) is 0.793. The van der Waals surface area contributed by atoms with Gasteiger partial charge in [0.05, 0.1) is 12.2 Å². The summed E-state index contributed by atoms with van der Waals surface area (Å²) in [7, 11) is 0. The number of hydrogen-bond acceptors (Lipinski definition) is 3. The average molecular weight is 319 g/mol. The van der Waals surface area contributed by atoms with Crippen molar-refractivity contribution in [1.82, 2.24) is 0 Å². The van der Waals surface area contributed by atoms with Crippen molar-refractivity contribution in [2.75, 3.05) is 22.5 Å². The number of hydrogen-bond donors (Lipinski definition) is 3. The van der Waals surface area contributed by atoms with Crippen LogP contribution in [-0.2, 0) is 9.59 Å². The van der Waals surface area contributed by atoms with Crippen molar-refractivity contribution in [2.45, 2.75) is 6.92 Å². The number of anilines is 3. The summed E-state index contributed by atoms with van der Waals surface area (Å²) in [4.78, 5) is 22.8. The Morgan fingerprint density at radius 1 is 1.00 bits per heavy atom. The molecule has 120 valence electrons. The number of halogens is 2. The molecule has 5 nitrogen and oxygen atoms in total. The highest BCUT2D eigenvalue weighted by atomic mass is 19.1. The van der Waals surface area contributed by atoms with Crippen LogP contribution in [0, 0.1) is 11.6 Å². The topological polar surface area (TPSA) is 70.2 Å². The summed E-state index contributed by atoms with van der Waals surface area (Å²) in [5, 5.41) is 7.63. The van der Waals surface area contributed by atoms with Crippen LogP contribution in [0.4, 0.5) is 25.8 Å². The molecule has 0 heterocycles. The first kappa shape index (κ1) is 16.4. The van der Waals surface area contributed by atoms with Crippen molar-refractivity contribution in [3.63, 3.8) is 0 Å². The van der Waals surface area contributed by atoms with Crippen LogP contribution in [0.2, 0.25) is 0 Å². The number of amides is 2.